The molecule has 10 N–H and O–H groups in total. The Bertz CT molecular complexity index is 849. The molecule has 3 rings (SSSR count). The smallest absolute Gasteiger partial charge is 0.303 e. The molecule has 0 radical (unpaired) electrons. The van der Waals surface area contributed by atoms with Crippen LogP contribution in [0.1, 0.15) is 51.9 Å². The van der Waals surface area contributed by atoms with E-state index < -0.39 is 111 Å². The fourth-order valence-electron chi connectivity index (χ4n) is 5.38. The average Bonchev–Trinajstić information content (AvgIpc) is 3.00. The van der Waals surface area contributed by atoms with Gasteiger partial charge in [0.25, 0.3) is 0 Å². The molecule has 0 aromatic carbocycles. The fraction of sp³-hybridized carbons (Fsp3) is 0.963. The number of carboxylic acids is 1. The van der Waals surface area contributed by atoms with Gasteiger partial charge in [-0.1, -0.05) is 25.7 Å². The molecule has 0 amide bonds. The third-order valence-corrected chi connectivity index (χ3v) is 8.10. The summed E-state index contributed by atoms with van der Waals surface area (Å²) in [7, 11) is 0. The third-order valence-electron chi connectivity index (χ3n) is 8.10. The second-order valence-corrected chi connectivity index (χ2v) is 11.4. The number of hydrogen-bond donors (Lipinski definition) is 10. The highest BCUT2D eigenvalue weighted by atomic mass is 16.8. The second kappa shape index (κ2) is 17.7. The van der Waals surface area contributed by atoms with Crippen molar-refractivity contribution < 1.29 is 84.3 Å². The lowest BCUT2D eigenvalue weighted by Crippen LogP contribution is -2.67. The average molecular weight is 645 g/mol. The summed E-state index contributed by atoms with van der Waals surface area (Å²) in [6, 6.07) is 0. The van der Waals surface area contributed by atoms with Crippen molar-refractivity contribution in [1.29, 1.82) is 0 Å². The first-order chi connectivity index (χ1) is 20.9. The van der Waals surface area contributed by atoms with Crippen LogP contribution < -0.4 is 0 Å². The van der Waals surface area contributed by atoms with Gasteiger partial charge < -0.3 is 79.5 Å². The van der Waals surface area contributed by atoms with Crippen LogP contribution >= 0.6 is 0 Å². The summed E-state index contributed by atoms with van der Waals surface area (Å²) in [5.41, 5.74) is 0. The Morgan fingerprint density at radius 1 is 0.591 bits per heavy atom. The second-order valence-electron chi connectivity index (χ2n) is 11.4. The molecule has 17 heteroatoms. The number of carboxylic acid groups (broad SMARTS) is 1. The zero-order valence-corrected chi connectivity index (χ0v) is 24.6. The van der Waals surface area contributed by atoms with Gasteiger partial charge >= 0.3 is 5.97 Å². The van der Waals surface area contributed by atoms with Crippen molar-refractivity contribution in [3.63, 3.8) is 0 Å². The number of aliphatic hydroxyl groups is 9. The topological polar surface area (TPSA) is 275 Å². The van der Waals surface area contributed by atoms with E-state index in [0.717, 1.165) is 25.7 Å². The Hall–Kier alpha value is -1.13. The molecule has 0 bridgehead atoms. The van der Waals surface area contributed by atoms with Crippen LogP contribution in [0.4, 0.5) is 0 Å². The van der Waals surface area contributed by atoms with Gasteiger partial charge in [-0.2, -0.15) is 0 Å². The zero-order chi connectivity index (χ0) is 32.6. The van der Waals surface area contributed by atoms with E-state index in [4.69, 9.17) is 33.5 Å². The van der Waals surface area contributed by atoms with Crippen LogP contribution in [0, 0.1) is 0 Å². The van der Waals surface area contributed by atoms with Crippen LogP contribution in [0.15, 0.2) is 0 Å². The first-order valence-corrected chi connectivity index (χ1v) is 15.0. The molecule has 3 heterocycles. The van der Waals surface area contributed by atoms with Crippen LogP contribution in [-0.4, -0.2) is 169 Å². The van der Waals surface area contributed by atoms with E-state index >= 15 is 0 Å². The van der Waals surface area contributed by atoms with Gasteiger partial charge in [-0.05, 0) is 19.8 Å². The van der Waals surface area contributed by atoms with E-state index in [1.165, 1.54) is 6.92 Å². The van der Waals surface area contributed by atoms with Crippen molar-refractivity contribution in [1.82, 2.24) is 0 Å². The lowest BCUT2D eigenvalue weighted by atomic mass is 9.96. The number of unbranched alkanes of at least 4 members (excludes halogenated alkanes) is 5. The largest absolute Gasteiger partial charge is 0.481 e. The van der Waals surface area contributed by atoms with Gasteiger partial charge in [-0.15, -0.1) is 0 Å². The Balaban J connectivity index is 1.75. The quantitative estimate of drug-likeness (QED) is 0.0724. The molecule has 15 atom stereocenters. The predicted molar refractivity (Wildman–Crippen MR) is 144 cm³/mol. The number of aliphatic hydroxyl groups excluding tert-OH is 9. The molecule has 3 aliphatic heterocycles. The lowest BCUT2D eigenvalue weighted by Gasteiger charge is -2.48. The minimum absolute atomic E-state index is 0.104. The van der Waals surface area contributed by atoms with E-state index in [9.17, 15) is 50.8 Å². The molecular weight excluding hydrogens is 596 g/mol. The molecule has 0 spiro atoms. The van der Waals surface area contributed by atoms with Gasteiger partial charge in [0.05, 0.1) is 19.3 Å². The van der Waals surface area contributed by atoms with Gasteiger partial charge in [0.2, 0.25) is 0 Å². The van der Waals surface area contributed by atoms with Crippen molar-refractivity contribution in [2.45, 2.75) is 144 Å². The van der Waals surface area contributed by atoms with E-state index in [2.05, 4.69) is 0 Å². The van der Waals surface area contributed by atoms with Crippen molar-refractivity contribution in [2.24, 2.45) is 0 Å². The molecule has 3 fully saturated rings. The van der Waals surface area contributed by atoms with Crippen LogP contribution in [0.5, 0.6) is 0 Å². The van der Waals surface area contributed by atoms with E-state index in [0.29, 0.717) is 12.8 Å². The highest BCUT2D eigenvalue weighted by Crippen LogP contribution is 2.33. The molecule has 3 aliphatic rings. The van der Waals surface area contributed by atoms with E-state index in [1.807, 2.05) is 0 Å². The molecule has 0 saturated carbocycles. The molecule has 3 saturated heterocycles. The van der Waals surface area contributed by atoms with Crippen LogP contribution in [0.2, 0.25) is 0 Å². The maximum atomic E-state index is 11.1. The van der Waals surface area contributed by atoms with Gasteiger partial charge in [0, 0.05) is 13.0 Å². The first kappa shape index (κ1) is 37.3. The van der Waals surface area contributed by atoms with Crippen molar-refractivity contribution in [3.05, 3.63) is 0 Å². The molecule has 17 nitrogen and oxygen atoms in total. The van der Waals surface area contributed by atoms with E-state index in [-0.39, 0.29) is 13.0 Å². The fourth-order valence-corrected chi connectivity index (χ4v) is 5.38. The Morgan fingerprint density at radius 2 is 1.09 bits per heavy atom. The van der Waals surface area contributed by atoms with E-state index in [1.54, 1.807) is 0 Å². The summed E-state index contributed by atoms with van der Waals surface area (Å²) in [4.78, 5) is 10.6. The maximum Gasteiger partial charge on any atom is 0.303 e. The number of aliphatic carboxylic acids is 1. The van der Waals surface area contributed by atoms with Crippen molar-refractivity contribution in [2.75, 3.05) is 19.8 Å². The van der Waals surface area contributed by atoms with Crippen molar-refractivity contribution in [3.8, 4) is 0 Å². The highest BCUT2D eigenvalue weighted by molar-refractivity contribution is 5.66. The first-order valence-electron chi connectivity index (χ1n) is 15.0. The standard InChI is InChI=1S/C27H48O17/c1-12-16(32)19(35)21(37)25(40-12)44-24-23(43-26-22(38)20(36)17(33)13(10-28)41-26)18(34)14(11-29)42-27(24)39-9-7-5-3-2-4-6-8-15(30)31/h12-14,16-29,32-38H,2-11H2,1H3,(H,30,31). The number of ether oxygens (including phenoxy) is 6. The Morgan fingerprint density at radius 3 is 1.70 bits per heavy atom. The third kappa shape index (κ3) is 9.46. The molecule has 0 aliphatic carbocycles. The van der Waals surface area contributed by atoms with Crippen molar-refractivity contribution >= 4 is 5.97 Å². The minimum atomic E-state index is -1.85. The number of hydrogen-bond acceptors (Lipinski definition) is 16. The Kier molecular flexibility index (Phi) is 15.0. The predicted octanol–water partition coefficient (Wildman–Crippen LogP) is -3.71. The summed E-state index contributed by atoms with van der Waals surface area (Å²) in [5.74, 6) is -0.839. The summed E-state index contributed by atoms with van der Waals surface area (Å²) in [5, 5.41) is 101. The summed E-state index contributed by atoms with van der Waals surface area (Å²) < 4.78 is 34.4. The molecule has 15 unspecified atom stereocenters. The molecule has 0 aromatic rings. The SMILES string of the molecule is CC1OC(OC2C(OCCCCCCCCC(=O)O)OC(CO)C(O)C2OC2OC(CO)C(O)C(O)C2O)C(O)C(O)C1O. The summed E-state index contributed by atoms with van der Waals surface area (Å²) in [6.07, 6.45) is -18.8. The van der Waals surface area contributed by atoms with Gasteiger partial charge in [0.1, 0.15) is 67.1 Å². The monoisotopic (exact) mass is 644 g/mol. The van der Waals surface area contributed by atoms with Crippen LogP contribution in [0.25, 0.3) is 0 Å². The van der Waals surface area contributed by atoms with Crippen LogP contribution in [0.3, 0.4) is 0 Å². The maximum absolute atomic E-state index is 11.1. The minimum Gasteiger partial charge on any atom is -0.481 e. The Labute approximate surface area is 254 Å². The normalized spacial score (nSPS) is 43.2. The number of rotatable bonds is 16. The van der Waals surface area contributed by atoms with Gasteiger partial charge in [0.15, 0.2) is 18.9 Å². The lowest BCUT2D eigenvalue weighted by molar-refractivity contribution is -0.390. The molecule has 0 aromatic heterocycles. The molecule has 44 heavy (non-hydrogen) atoms. The molecule has 258 valence electrons. The van der Waals surface area contributed by atoms with Crippen LogP contribution in [-0.2, 0) is 33.2 Å². The highest BCUT2D eigenvalue weighted by Gasteiger charge is 2.54. The zero-order valence-electron chi connectivity index (χ0n) is 24.6. The number of carbonyl (C=O) groups is 1. The summed E-state index contributed by atoms with van der Waals surface area (Å²) in [6.45, 7) is 0.0865. The van der Waals surface area contributed by atoms with Gasteiger partial charge in [-0.3, -0.25) is 4.79 Å². The van der Waals surface area contributed by atoms with Gasteiger partial charge in [-0.25, -0.2) is 0 Å². The molecular formula is C27H48O17. The summed E-state index contributed by atoms with van der Waals surface area (Å²) >= 11 is 0.